The fourth-order valence-electron chi connectivity index (χ4n) is 1.27. The standard InChI is InChI=1S/C11H22ClNO/c1-5-6-7-8-13(4)10(14)11(2,3)9-12/h5-9H2,1-4H3. The van der Waals surface area contributed by atoms with Crippen LogP contribution < -0.4 is 0 Å². The Kier molecular flexibility index (Phi) is 6.17. The third-order valence-electron chi connectivity index (χ3n) is 2.36. The van der Waals surface area contributed by atoms with Gasteiger partial charge in [0.2, 0.25) is 5.91 Å². The summed E-state index contributed by atoms with van der Waals surface area (Å²) < 4.78 is 0. The van der Waals surface area contributed by atoms with Gasteiger partial charge < -0.3 is 4.90 Å². The zero-order chi connectivity index (χ0) is 11.2. The highest BCUT2D eigenvalue weighted by Crippen LogP contribution is 2.20. The summed E-state index contributed by atoms with van der Waals surface area (Å²) in [5.74, 6) is 0.521. The van der Waals surface area contributed by atoms with Gasteiger partial charge in [-0.25, -0.2) is 0 Å². The molecule has 0 N–H and O–H groups in total. The second-order valence-electron chi connectivity index (χ2n) is 4.45. The van der Waals surface area contributed by atoms with Crippen LogP contribution in [0.2, 0.25) is 0 Å². The maximum absolute atomic E-state index is 11.8. The minimum atomic E-state index is -0.428. The molecule has 0 spiro atoms. The predicted octanol–water partition coefficient (Wildman–Crippen LogP) is 2.90. The Morgan fingerprint density at radius 3 is 2.36 bits per heavy atom. The van der Waals surface area contributed by atoms with Crippen molar-refractivity contribution in [2.45, 2.75) is 40.0 Å². The number of unbranched alkanes of at least 4 members (excludes halogenated alkanes) is 2. The van der Waals surface area contributed by atoms with E-state index in [2.05, 4.69) is 6.92 Å². The molecule has 0 unspecified atom stereocenters. The number of hydrogen-bond acceptors (Lipinski definition) is 1. The minimum absolute atomic E-state index is 0.142. The quantitative estimate of drug-likeness (QED) is 0.497. The van der Waals surface area contributed by atoms with Crippen molar-refractivity contribution in [3.05, 3.63) is 0 Å². The average molecular weight is 220 g/mol. The van der Waals surface area contributed by atoms with Crippen LogP contribution in [0.15, 0.2) is 0 Å². The minimum Gasteiger partial charge on any atom is -0.345 e. The molecule has 0 aromatic carbocycles. The third kappa shape index (κ3) is 4.32. The van der Waals surface area contributed by atoms with Crippen molar-refractivity contribution in [3.63, 3.8) is 0 Å². The molecular formula is C11H22ClNO. The van der Waals surface area contributed by atoms with E-state index in [0.717, 1.165) is 13.0 Å². The molecule has 0 saturated heterocycles. The molecule has 0 radical (unpaired) electrons. The molecule has 1 amide bonds. The van der Waals surface area contributed by atoms with E-state index in [1.54, 1.807) is 4.90 Å². The fourth-order valence-corrected chi connectivity index (χ4v) is 1.39. The summed E-state index contributed by atoms with van der Waals surface area (Å²) in [7, 11) is 1.85. The normalized spacial score (nSPS) is 11.5. The summed E-state index contributed by atoms with van der Waals surface area (Å²) in [5, 5.41) is 0. The first-order valence-electron chi connectivity index (χ1n) is 5.27. The van der Waals surface area contributed by atoms with Gasteiger partial charge in [0.1, 0.15) is 0 Å². The summed E-state index contributed by atoms with van der Waals surface area (Å²) in [6.45, 7) is 6.77. The van der Waals surface area contributed by atoms with Crippen molar-refractivity contribution in [1.29, 1.82) is 0 Å². The molecule has 0 aliphatic heterocycles. The van der Waals surface area contributed by atoms with E-state index in [1.165, 1.54) is 12.8 Å². The van der Waals surface area contributed by atoms with Crippen molar-refractivity contribution in [2.75, 3.05) is 19.5 Å². The molecule has 0 aliphatic carbocycles. The van der Waals surface area contributed by atoms with E-state index in [1.807, 2.05) is 20.9 Å². The molecule has 2 nitrogen and oxygen atoms in total. The first-order valence-corrected chi connectivity index (χ1v) is 5.80. The van der Waals surface area contributed by atoms with Gasteiger partial charge in [0, 0.05) is 19.5 Å². The number of alkyl halides is 1. The summed E-state index contributed by atoms with van der Waals surface area (Å²) in [5.41, 5.74) is -0.428. The lowest BCUT2D eigenvalue weighted by Gasteiger charge is -2.27. The van der Waals surface area contributed by atoms with E-state index < -0.39 is 5.41 Å². The maximum Gasteiger partial charge on any atom is 0.229 e. The Labute approximate surface area is 92.6 Å². The molecule has 14 heavy (non-hydrogen) atoms. The zero-order valence-electron chi connectivity index (χ0n) is 9.77. The smallest absolute Gasteiger partial charge is 0.229 e. The number of carbonyl (C=O) groups excluding carboxylic acids is 1. The van der Waals surface area contributed by atoms with Crippen LogP contribution >= 0.6 is 11.6 Å². The molecule has 84 valence electrons. The number of nitrogens with zero attached hydrogens (tertiary/aromatic N) is 1. The van der Waals surface area contributed by atoms with Gasteiger partial charge >= 0.3 is 0 Å². The van der Waals surface area contributed by atoms with Gasteiger partial charge in [-0.2, -0.15) is 0 Å². The van der Waals surface area contributed by atoms with Gasteiger partial charge in [0.05, 0.1) is 5.41 Å². The van der Waals surface area contributed by atoms with Crippen molar-refractivity contribution in [1.82, 2.24) is 4.90 Å². The van der Waals surface area contributed by atoms with E-state index >= 15 is 0 Å². The van der Waals surface area contributed by atoms with Crippen molar-refractivity contribution in [3.8, 4) is 0 Å². The van der Waals surface area contributed by atoms with E-state index in [0.29, 0.717) is 5.88 Å². The molecule has 0 aromatic heterocycles. The zero-order valence-corrected chi connectivity index (χ0v) is 10.5. The van der Waals surface area contributed by atoms with Crippen molar-refractivity contribution < 1.29 is 4.79 Å². The van der Waals surface area contributed by atoms with Gasteiger partial charge in [0.15, 0.2) is 0 Å². The topological polar surface area (TPSA) is 20.3 Å². The Bertz CT molecular complexity index is 180. The first kappa shape index (κ1) is 13.8. The summed E-state index contributed by atoms with van der Waals surface area (Å²) in [6.07, 6.45) is 3.44. The lowest BCUT2D eigenvalue weighted by molar-refractivity contribution is -0.137. The van der Waals surface area contributed by atoms with Gasteiger partial charge in [-0.3, -0.25) is 4.79 Å². The lowest BCUT2D eigenvalue weighted by atomic mass is 9.94. The second-order valence-corrected chi connectivity index (χ2v) is 4.72. The van der Waals surface area contributed by atoms with E-state index in [4.69, 9.17) is 11.6 Å². The van der Waals surface area contributed by atoms with Gasteiger partial charge in [-0.05, 0) is 20.3 Å². The number of carbonyl (C=O) groups is 1. The largest absolute Gasteiger partial charge is 0.345 e. The maximum atomic E-state index is 11.8. The van der Waals surface area contributed by atoms with E-state index in [-0.39, 0.29) is 5.91 Å². The lowest BCUT2D eigenvalue weighted by Crippen LogP contribution is -2.40. The highest BCUT2D eigenvalue weighted by molar-refractivity contribution is 6.19. The predicted molar refractivity (Wildman–Crippen MR) is 61.7 cm³/mol. The van der Waals surface area contributed by atoms with Gasteiger partial charge in [-0.1, -0.05) is 19.8 Å². The molecule has 0 atom stereocenters. The molecule has 0 bridgehead atoms. The number of halogens is 1. The Morgan fingerprint density at radius 2 is 1.93 bits per heavy atom. The Morgan fingerprint density at radius 1 is 1.36 bits per heavy atom. The number of hydrogen-bond donors (Lipinski definition) is 0. The SMILES string of the molecule is CCCCCN(C)C(=O)C(C)(C)CCl. The highest BCUT2D eigenvalue weighted by Gasteiger charge is 2.28. The molecular weight excluding hydrogens is 198 g/mol. The Hall–Kier alpha value is -0.240. The van der Waals surface area contributed by atoms with Crippen LogP contribution in [0.3, 0.4) is 0 Å². The van der Waals surface area contributed by atoms with Crippen LogP contribution in [-0.4, -0.2) is 30.3 Å². The summed E-state index contributed by atoms with van der Waals surface area (Å²) >= 11 is 5.75. The van der Waals surface area contributed by atoms with Gasteiger partial charge in [0.25, 0.3) is 0 Å². The van der Waals surface area contributed by atoms with E-state index in [9.17, 15) is 4.79 Å². The van der Waals surface area contributed by atoms with Crippen LogP contribution in [0.25, 0.3) is 0 Å². The molecule has 0 heterocycles. The Balaban J connectivity index is 3.99. The van der Waals surface area contributed by atoms with Crippen molar-refractivity contribution >= 4 is 17.5 Å². The van der Waals surface area contributed by atoms with Crippen LogP contribution in [0.4, 0.5) is 0 Å². The molecule has 3 heteroatoms. The molecule has 0 aromatic rings. The highest BCUT2D eigenvalue weighted by atomic mass is 35.5. The monoisotopic (exact) mass is 219 g/mol. The molecule has 0 aliphatic rings. The fraction of sp³-hybridized carbons (Fsp3) is 0.909. The van der Waals surface area contributed by atoms with Gasteiger partial charge in [-0.15, -0.1) is 11.6 Å². The molecule has 0 rings (SSSR count). The summed E-state index contributed by atoms with van der Waals surface area (Å²) in [6, 6.07) is 0. The third-order valence-corrected chi connectivity index (χ3v) is 3.02. The van der Waals surface area contributed by atoms with Crippen LogP contribution in [-0.2, 0) is 4.79 Å². The second kappa shape index (κ2) is 6.28. The average Bonchev–Trinajstić information content (AvgIpc) is 2.17. The van der Waals surface area contributed by atoms with Crippen molar-refractivity contribution in [2.24, 2.45) is 5.41 Å². The first-order chi connectivity index (χ1) is 6.45. The summed E-state index contributed by atoms with van der Waals surface area (Å²) in [4.78, 5) is 13.6. The number of rotatable bonds is 6. The molecule has 0 fully saturated rings. The van der Waals surface area contributed by atoms with Crippen LogP contribution in [0, 0.1) is 5.41 Å². The number of amides is 1. The molecule has 0 saturated carbocycles. The van der Waals surface area contributed by atoms with Crippen LogP contribution in [0.5, 0.6) is 0 Å². The van der Waals surface area contributed by atoms with Crippen LogP contribution in [0.1, 0.15) is 40.0 Å².